The lowest BCUT2D eigenvalue weighted by Gasteiger charge is -2.10. The van der Waals surface area contributed by atoms with Crippen LogP contribution in [0.4, 0.5) is 0 Å². The van der Waals surface area contributed by atoms with Gasteiger partial charge in [-0.3, -0.25) is 0 Å². The van der Waals surface area contributed by atoms with Crippen molar-refractivity contribution < 1.29 is 10.2 Å². The molecule has 0 aliphatic carbocycles. The van der Waals surface area contributed by atoms with E-state index in [0.29, 0.717) is 6.42 Å². The molecule has 0 amide bonds. The fourth-order valence-electron chi connectivity index (χ4n) is 1.07. The summed E-state index contributed by atoms with van der Waals surface area (Å²) in [5, 5.41) is 18.1. The average Bonchev–Trinajstić information content (AvgIpc) is 2.10. The van der Waals surface area contributed by atoms with E-state index in [4.69, 9.17) is 10.8 Å². The van der Waals surface area contributed by atoms with Gasteiger partial charge in [-0.1, -0.05) is 6.07 Å². The van der Waals surface area contributed by atoms with Gasteiger partial charge in [0.1, 0.15) is 5.75 Å². The molecule has 4 N–H and O–H groups in total. The van der Waals surface area contributed by atoms with Crippen LogP contribution >= 0.6 is 22.6 Å². The van der Waals surface area contributed by atoms with E-state index >= 15 is 0 Å². The van der Waals surface area contributed by atoms with Crippen LogP contribution in [0.15, 0.2) is 18.2 Å². The highest BCUT2D eigenvalue weighted by Gasteiger charge is 2.07. The number of phenolic OH excluding ortho intramolecular Hbond substituents is 1. The Morgan fingerprint density at radius 1 is 1.46 bits per heavy atom. The Bertz CT molecular complexity index is 291. The summed E-state index contributed by atoms with van der Waals surface area (Å²) in [6.45, 7) is 0.0634. The molecule has 0 bridgehead atoms. The van der Waals surface area contributed by atoms with E-state index in [9.17, 15) is 5.11 Å². The first-order valence-electron chi connectivity index (χ1n) is 4.00. The highest BCUT2D eigenvalue weighted by Crippen LogP contribution is 2.24. The summed E-state index contributed by atoms with van der Waals surface area (Å²) in [7, 11) is 0. The molecule has 13 heavy (non-hydrogen) atoms. The smallest absolute Gasteiger partial charge is 0.129 e. The van der Waals surface area contributed by atoms with E-state index in [2.05, 4.69) is 0 Å². The predicted molar refractivity (Wildman–Crippen MR) is 59.5 cm³/mol. The van der Waals surface area contributed by atoms with Gasteiger partial charge in [-0.2, -0.15) is 0 Å². The number of phenols is 1. The van der Waals surface area contributed by atoms with E-state index in [1.165, 1.54) is 0 Å². The van der Waals surface area contributed by atoms with Gasteiger partial charge in [-0.05, 0) is 46.7 Å². The maximum absolute atomic E-state index is 9.39. The fraction of sp³-hybridized carbons (Fsp3) is 0.333. The van der Waals surface area contributed by atoms with Crippen molar-refractivity contribution >= 4 is 22.6 Å². The first-order valence-corrected chi connectivity index (χ1v) is 5.08. The van der Waals surface area contributed by atoms with E-state index in [0.717, 1.165) is 9.13 Å². The highest BCUT2D eigenvalue weighted by atomic mass is 127. The lowest BCUT2D eigenvalue weighted by molar-refractivity contribution is 0.276. The maximum Gasteiger partial charge on any atom is 0.129 e. The van der Waals surface area contributed by atoms with Gasteiger partial charge in [0.2, 0.25) is 0 Å². The standard InChI is InChI=1S/C9H12INO2/c10-7-2-1-6(5-9(7)13)8(11)3-4-12/h1-2,5,8,12-13H,3-4,11H2/t8-/m1/s1. The lowest BCUT2D eigenvalue weighted by Crippen LogP contribution is -2.11. The van der Waals surface area contributed by atoms with E-state index < -0.39 is 0 Å². The van der Waals surface area contributed by atoms with Crippen molar-refractivity contribution in [2.75, 3.05) is 6.61 Å². The second kappa shape index (κ2) is 4.78. The molecule has 0 unspecified atom stereocenters. The third-order valence-electron chi connectivity index (χ3n) is 1.84. The molecule has 0 fully saturated rings. The van der Waals surface area contributed by atoms with Crippen molar-refractivity contribution in [3.05, 3.63) is 27.3 Å². The predicted octanol–water partition coefficient (Wildman–Crippen LogP) is 1.38. The minimum Gasteiger partial charge on any atom is -0.507 e. The zero-order chi connectivity index (χ0) is 9.84. The number of aliphatic hydroxyl groups excluding tert-OH is 1. The molecule has 4 heteroatoms. The summed E-state index contributed by atoms with van der Waals surface area (Å²) < 4.78 is 0.803. The van der Waals surface area contributed by atoms with Gasteiger partial charge in [-0.15, -0.1) is 0 Å². The molecular weight excluding hydrogens is 281 g/mol. The Labute approximate surface area is 90.7 Å². The summed E-state index contributed by atoms with van der Waals surface area (Å²) in [6, 6.07) is 5.11. The molecule has 1 aromatic rings. The number of rotatable bonds is 3. The van der Waals surface area contributed by atoms with E-state index in [-0.39, 0.29) is 18.4 Å². The summed E-state index contributed by atoms with van der Waals surface area (Å²) in [5.74, 6) is 0.242. The van der Waals surface area contributed by atoms with Crippen molar-refractivity contribution in [3.8, 4) is 5.75 Å². The molecule has 0 saturated carbocycles. The zero-order valence-electron chi connectivity index (χ0n) is 7.07. The first-order chi connectivity index (χ1) is 6.15. The van der Waals surface area contributed by atoms with Crippen LogP contribution in [-0.4, -0.2) is 16.8 Å². The van der Waals surface area contributed by atoms with Gasteiger partial charge in [0, 0.05) is 12.6 Å². The molecule has 1 aromatic carbocycles. The summed E-state index contributed by atoms with van der Waals surface area (Å²) in [6.07, 6.45) is 0.514. The number of halogens is 1. The van der Waals surface area contributed by atoms with Crippen LogP contribution < -0.4 is 5.73 Å². The molecule has 0 aliphatic rings. The van der Waals surface area contributed by atoms with Crippen molar-refractivity contribution in [2.45, 2.75) is 12.5 Å². The molecule has 1 rings (SSSR count). The highest BCUT2D eigenvalue weighted by molar-refractivity contribution is 14.1. The first kappa shape index (κ1) is 10.7. The van der Waals surface area contributed by atoms with Gasteiger partial charge in [0.25, 0.3) is 0 Å². The van der Waals surface area contributed by atoms with Crippen molar-refractivity contribution in [1.29, 1.82) is 0 Å². The number of nitrogens with two attached hydrogens (primary N) is 1. The quantitative estimate of drug-likeness (QED) is 0.738. The fourth-order valence-corrected chi connectivity index (χ4v) is 1.40. The van der Waals surface area contributed by atoms with Crippen LogP contribution in [-0.2, 0) is 0 Å². The van der Waals surface area contributed by atoms with Gasteiger partial charge in [0.05, 0.1) is 3.57 Å². The van der Waals surface area contributed by atoms with Gasteiger partial charge in [-0.25, -0.2) is 0 Å². The van der Waals surface area contributed by atoms with Crippen LogP contribution in [0.2, 0.25) is 0 Å². The third-order valence-corrected chi connectivity index (χ3v) is 2.75. The summed E-state index contributed by atoms with van der Waals surface area (Å²) in [4.78, 5) is 0. The summed E-state index contributed by atoms with van der Waals surface area (Å²) in [5.41, 5.74) is 6.60. The molecule has 0 spiro atoms. The molecule has 1 atom stereocenters. The van der Waals surface area contributed by atoms with Crippen LogP contribution in [0.1, 0.15) is 18.0 Å². The molecule has 0 heterocycles. The summed E-state index contributed by atoms with van der Waals surface area (Å²) >= 11 is 2.05. The number of hydrogen-bond donors (Lipinski definition) is 3. The van der Waals surface area contributed by atoms with Crippen molar-refractivity contribution in [3.63, 3.8) is 0 Å². The average molecular weight is 293 g/mol. The monoisotopic (exact) mass is 293 g/mol. The Hall–Kier alpha value is -0.330. The number of hydrogen-bond acceptors (Lipinski definition) is 3. The largest absolute Gasteiger partial charge is 0.507 e. The van der Waals surface area contributed by atoms with Gasteiger partial charge >= 0.3 is 0 Å². The number of aliphatic hydroxyl groups is 1. The van der Waals surface area contributed by atoms with Gasteiger partial charge in [0.15, 0.2) is 0 Å². The zero-order valence-corrected chi connectivity index (χ0v) is 9.23. The SMILES string of the molecule is N[C@H](CCO)c1ccc(I)c(O)c1. The minimum atomic E-state index is -0.201. The third kappa shape index (κ3) is 2.82. The lowest BCUT2D eigenvalue weighted by atomic mass is 10.1. The second-order valence-electron chi connectivity index (χ2n) is 2.83. The number of benzene rings is 1. The second-order valence-corrected chi connectivity index (χ2v) is 3.99. The minimum absolute atomic E-state index is 0.0634. The Morgan fingerprint density at radius 2 is 2.15 bits per heavy atom. The molecule has 0 saturated heterocycles. The molecule has 0 aromatic heterocycles. The Kier molecular flexibility index (Phi) is 3.95. The van der Waals surface area contributed by atoms with Crippen LogP contribution in [0.5, 0.6) is 5.75 Å². The maximum atomic E-state index is 9.39. The molecule has 72 valence electrons. The van der Waals surface area contributed by atoms with Crippen LogP contribution in [0, 0.1) is 3.57 Å². The molecule has 0 aliphatic heterocycles. The van der Waals surface area contributed by atoms with E-state index in [1.54, 1.807) is 6.07 Å². The topological polar surface area (TPSA) is 66.5 Å². The van der Waals surface area contributed by atoms with Crippen LogP contribution in [0.25, 0.3) is 0 Å². The number of aromatic hydroxyl groups is 1. The molecule has 0 radical (unpaired) electrons. The van der Waals surface area contributed by atoms with Gasteiger partial charge < -0.3 is 15.9 Å². The van der Waals surface area contributed by atoms with Crippen LogP contribution in [0.3, 0.4) is 0 Å². The normalized spacial score (nSPS) is 12.8. The van der Waals surface area contributed by atoms with Crippen molar-refractivity contribution in [2.24, 2.45) is 5.73 Å². The van der Waals surface area contributed by atoms with E-state index in [1.807, 2.05) is 34.7 Å². The molecule has 3 nitrogen and oxygen atoms in total. The Balaban J connectivity index is 2.84. The Morgan fingerprint density at radius 3 is 2.69 bits per heavy atom. The van der Waals surface area contributed by atoms with Crippen molar-refractivity contribution in [1.82, 2.24) is 0 Å². The molecular formula is C9H12INO2.